The molecule has 1 amide bonds. The summed E-state index contributed by atoms with van der Waals surface area (Å²) in [6.45, 7) is 4.70. The first-order valence-electron chi connectivity index (χ1n) is 7.73. The van der Waals surface area contributed by atoms with Crippen LogP contribution < -0.4 is 5.32 Å². The van der Waals surface area contributed by atoms with Crippen LogP contribution in [0.3, 0.4) is 0 Å². The van der Waals surface area contributed by atoms with Crippen molar-refractivity contribution in [1.29, 1.82) is 0 Å². The van der Waals surface area contributed by atoms with E-state index in [1.54, 1.807) is 0 Å². The van der Waals surface area contributed by atoms with Gasteiger partial charge in [0, 0.05) is 25.9 Å². The zero-order valence-corrected chi connectivity index (χ0v) is 14.4. The van der Waals surface area contributed by atoms with E-state index in [4.69, 9.17) is 4.74 Å². The highest BCUT2D eigenvalue weighted by molar-refractivity contribution is 7.92. The van der Waals surface area contributed by atoms with E-state index in [1.165, 1.54) is 6.92 Å². The zero-order valence-electron chi connectivity index (χ0n) is 13.6. The molecule has 1 aliphatic rings. The molecule has 0 saturated carbocycles. The lowest BCUT2D eigenvalue weighted by Gasteiger charge is -2.35. The van der Waals surface area contributed by atoms with Crippen LogP contribution in [0.25, 0.3) is 0 Å². The van der Waals surface area contributed by atoms with Gasteiger partial charge in [-0.1, -0.05) is 30.3 Å². The van der Waals surface area contributed by atoms with Gasteiger partial charge in [0.2, 0.25) is 5.91 Å². The van der Waals surface area contributed by atoms with Gasteiger partial charge in [-0.15, -0.1) is 0 Å². The number of hydrogen-bond acceptors (Lipinski definition) is 5. The summed E-state index contributed by atoms with van der Waals surface area (Å²) >= 11 is 0. The fourth-order valence-electron chi connectivity index (χ4n) is 2.56. The van der Waals surface area contributed by atoms with Crippen molar-refractivity contribution in [3.63, 3.8) is 0 Å². The topological polar surface area (TPSA) is 75.7 Å². The molecule has 7 heteroatoms. The van der Waals surface area contributed by atoms with Gasteiger partial charge in [-0.25, -0.2) is 8.42 Å². The lowest BCUT2D eigenvalue weighted by Crippen LogP contribution is -2.46. The number of ether oxygens (including phenoxy) is 1. The number of carbonyl (C=O) groups excluding carboxylic acids is 1. The molecule has 1 aliphatic heterocycles. The molecule has 128 valence electrons. The fraction of sp³-hybridized carbons (Fsp3) is 0.562. The normalized spacial score (nSPS) is 19.0. The molecule has 1 aromatic rings. The summed E-state index contributed by atoms with van der Waals surface area (Å²) < 4.78 is 28.4. The molecular weight excluding hydrogens is 316 g/mol. The molecule has 1 fully saturated rings. The number of amides is 1. The van der Waals surface area contributed by atoms with Crippen molar-refractivity contribution in [3.8, 4) is 0 Å². The fourth-order valence-corrected chi connectivity index (χ4v) is 3.03. The third kappa shape index (κ3) is 5.02. The molecule has 0 spiro atoms. The van der Waals surface area contributed by atoms with Gasteiger partial charge in [-0.05, 0) is 12.5 Å². The smallest absolute Gasteiger partial charge is 0.238 e. The molecule has 2 rings (SSSR count). The SMILES string of the molecule is C[C@H](C(=O)NC[C@@H](c1ccccc1)N1CCOCC1)S(C)(=O)=O. The Morgan fingerprint density at radius 1 is 1.26 bits per heavy atom. The van der Waals surface area contributed by atoms with Gasteiger partial charge in [0.1, 0.15) is 5.25 Å². The molecular formula is C16H24N2O4S. The van der Waals surface area contributed by atoms with E-state index in [-0.39, 0.29) is 6.04 Å². The molecule has 1 N–H and O–H groups in total. The molecule has 6 nitrogen and oxygen atoms in total. The summed E-state index contributed by atoms with van der Waals surface area (Å²) in [4.78, 5) is 14.3. The second-order valence-corrected chi connectivity index (χ2v) is 8.16. The second kappa shape index (κ2) is 7.90. The average molecular weight is 340 g/mol. The van der Waals surface area contributed by atoms with Crippen LogP contribution in [0.1, 0.15) is 18.5 Å². The maximum atomic E-state index is 12.1. The maximum Gasteiger partial charge on any atom is 0.238 e. The summed E-state index contributed by atoms with van der Waals surface area (Å²) in [6, 6.07) is 9.92. The number of benzene rings is 1. The zero-order chi connectivity index (χ0) is 16.9. The highest BCUT2D eigenvalue weighted by Gasteiger charge is 2.27. The number of hydrogen-bond donors (Lipinski definition) is 1. The molecule has 1 heterocycles. The first kappa shape index (κ1) is 17.9. The Morgan fingerprint density at radius 3 is 2.43 bits per heavy atom. The van der Waals surface area contributed by atoms with Gasteiger partial charge in [0.05, 0.1) is 19.3 Å². The minimum absolute atomic E-state index is 0.0100. The Kier molecular flexibility index (Phi) is 6.15. The first-order chi connectivity index (χ1) is 10.9. The Labute approximate surface area is 137 Å². The lowest BCUT2D eigenvalue weighted by molar-refractivity contribution is -0.120. The van der Waals surface area contributed by atoms with Crippen LogP contribution in [0.2, 0.25) is 0 Å². The Balaban J connectivity index is 2.07. The second-order valence-electron chi connectivity index (χ2n) is 5.79. The summed E-state index contributed by atoms with van der Waals surface area (Å²) in [6.07, 6.45) is 1.08. The van der Waals surface area contributed by atoms with Gasteiger partial charge in [-0.2, -0.15) is 0 Å². The molecule has 2 atom stereocenters. The number of nitrogens with zero attached hydrogens (tertiary/aromatic N) is 1. The van der Waals surface area contributed by atoms with E-state index in [1.807, 2.05) is 30.3 Å². The van der Waals surface area contributed by atoms with E-state index in [0.717, 1.165) is 24.9 Å². The van der Waals surface area contributed by atoms with Crippen molar-refractivity contribution in [1.82, 2.24) is 10.2 Å². The Bertz CT molecular complexity index is 612. The van der Waals surface area contributed by atoms with Gasteiger partial charge < -0.3 is 10.1 Å². The quantitative estimate of drug-likeness (QED) is 0.821. The van der Waals surface area contributed by atoms with Crippen molar-refractivity contribution in [2.45, 2.75) is 18.2 Å². The molecule has 0 aromatic heterocycles. The maximum absolute atomic E-state index is 12.1. The van der Waals surface area contributed by atoms with Crippen molar-refractivity contribution in [2.75, 3.05) is 39.1 Å². The van der Waals surface area contributed by atoms with Gasteiger partial charge >= 0.3 is 0 Å². The van der Waals surface area contributed by atoms with Crippen LogP contribution in [0.4, 0.5) is 0 Å². The van der Waals surface area contributed by atoms with Crippen LogP contribution >= 0.6 is 0 Å². The third-order valence-corrected chi connectivity index (χ3v) is 5.65. The number of nitrogens with one attached hydrogen (secondary N) is 1. The minimum Gasteiger partial charge on any atom is -0.379 e. The van der Waals surface area contributed by atoms with Gasteiger partial charge in [0.25, 0.3) is 0 Å². The summed E-state index contributed by atoms with van der Waals surface area (Å²) in [5, 5.41) is 1.75. The van der Waals surface area contributed by atoms with Crippen molar-refractivity contribution >= 4 is 15.7 Å². The average Bonchev–Trinajstić information content (AvgIpc) is 2.55. The molecule has 23 heavy (non-hydrogen) atoms. The van der Waals surface area contributed by atoms with Gasteiger partial charge in [0.15, 0.2) is 9.84 Å². The summed E-state index contributed by atoms with van der Waals surface area (Å²) in [5.41, 5.74) is 1.10. The van der Waals surface area contributed by atoms with Gasteiger partial charge in [-0.3, -0.25) is 9.69 Å². The number of rotatable bonds is 6. The summed E-state index contributed by atoms with van der Waals surface area (Å²) in [7, 11) is -3.39. The van der Waals surface area contributed by atoms with E-state index in [2.05, 4.69) is 10.2 Å². The van der Waals surface area contributed by atoms with Crippen LogP contribution in [-0.4, -0.2) is 63.6 Å². The molecule has 1 aromatic carbocycles. The number of morpholine rings is 1. The number of sulfone groups is 1. The third-order valence-electron chi connectivity index (χ3n) is 4.15. The van der Waals surface area contributed by atoms with Crippen molar-refractivity contribution < 1.29 is 17.9 Å². The highest BCUT2D eigenvalue weighted by Crippen LogP contribution is 2.21. The molecule has 1 saturated heterocycles. The van der Waals surface area contributed by atoms with Crippen molar-refractivity contribution in [2.24, 2.45) is 0 Å². The predicted octanol–water partition coefficient (Wildman–Crippen LogP) is 0.609. The molecule has 0 aliphatic carbocycles. The van der Waals surface area contributed by atoms with Crippen LogP contribution in [-0.2, 0) is 19.4 Å². The van der Waals surface area contributed by atoms with Crippen LogP contribution in [0.15, 0.2) is 30.3 Å². The summed E-state index contributed by atoms with van der Waals surface area (Å²) in [5.74, 6) is -0.457. The lowest BCUT2D eigenvalue weighted by atomic mass is 10.0. The Morgan fingerprint density at radius 2 is 1.87 bits per heavy atom. The van der Waals surface area contributed by atoms with Crippen LogP contribution in [0, 0.1) is 0 Å². The monoisotopic (exact) mass is 340 g/mol. The largest absolute Gasteiger partial charge is 0.379 e. The standard InChI is InChI=1S/C16H24N2O4S/c1-13(23(2,20)21)16(19)17-12-15(14-6-4-3-5-7-14)18-8-10-22-11-9-18/h3-7,13,15H,8-12H2,1-2H3,(H,17,19)/t13-,15+/m1/s1. The Hall–Kier alpha value is -1.44. The minimum atomic E-state index is -3.39. The van der Waals surface area contributed by atoms with Crippen LogP contribution in [0.5, 0.6) is 0 Å². The van der Waals surface area contributed by atoms with E-state index in [9.17, 15) is 13.2 Å². The predicted molar refractivity (Wildman–Crippen MR) is 88.9 cm³/mol. The highest BCUT2D eigenvalue weighted by atomic mass is 32.2. The van der Waals surface area contributed by atoms with E-state index >= 15 is 0 Å². The van der Waals surface area contributed by atoms with Crippen molar-refractivity contribution in [3.05, 3.63) is 35.9 Å². The molecule has 0 bridgehead atoms. The molecule has 0 unspecified atom stereocenters. The first-order valence-corrected chi connectivity index (χ1v) is 9.68. The van der Waals surface area contributed by atoms with E-state index in [0.29, 0.717) is 19.8 Å². The molecule has 0 radical (unpaired) electrons. The van der Waals surface area contributed by atoms with E-state index < -0.39 is 21.0 Å². The number of carbonyl (C=O) groups is 1.